The van der Waals surface area contributed by atoms with Crippen molar-refractivity contribution in [1.82, 2.24) is 0 Å². The standard InChI is InChI=1S/C13H10BrFO3/c1-2-17-13(16)12-6-5-11(18-12)9-4-3-8(14)7-10(9)15/h3-7H,2H2,1H3. The van der Waals surface area contributed by atoms with Crippen LogP contribution in [-0.2, 0) is 4.74 Å². The summed E-state index contributed by atoms with van der Waals surface area (Å²) in [5, 5.41) is 0. The summed E-state index contributed by atoms with van der Waals surface area (Å²) in [6.45, 7) is 1.97. The molecule has 0 fully saturated rings. The number of furan rings is 1. The van der Waals surface area contributed by atoms with Gasteiger partial charge in [0.05, 0.1) is 12.2 Å². The van der Waals surface area contributed by atoms with Crippen molar-refractivity contribution in [3.8, 4) is 11.3 Å². The van der Waals surface area contributed by atoms with Gasteiger partial charge in [-0.15, -0.1) is 0 Å². The number of rotatable bonds is 3. The predicted octanol–water partition coefficient (Wildman–Crippen LogP) is 4.02. The van der Waals surface area contributed by atoms with Gasteiger partial charge in [-0.25, -0.2) is 9.18 Å². The van der Waals surface area contributed by atoms with Crippen LogP contribution in [0.15, 0.2) is 39.2 Å². The SMILES string of the molecule is CCOC(=O)c1ccc(-c2ccc(Br)cc2F)o1. The van der Waals surface area contributed by atoms with Gasteiger partial charge in [-0.3, -0.25) is 0 Å². The summed E-state index contributed by atoms with van der Waals surface area (Å²) >= 11 is 3.17. The van der Waals surface area contributed by atoms with Crippen LogP contribution in [0.5, 0.6) is 0 Å². The average molecular weight is 313 g/mol. The first-order chi connectivity index (χ1) is 8.61. The molecule has 2 rings (SSSR count). The number of hydrogen-bond donors (Lipinski definition) is 0. The van der Waals surface area contributed by atoms with Crippen molar-refractivity contribution in [3.63, 3.8) is 0 Å². The lowest BCUT2D eigenvalue weighted by atomic mass is 10.1. The molecule has 0 saturated heterocycles. The lowest BCUT2D eigenvalue weighted by molar-refractivity contribution is 0.0491. The van der Waals surface area contributed by atoms with Crippen molar-refractivity contribution in [1.29, 1.82) is 0 Å². The molecule has 0 saturated carbocycles. The average Bonchev–Trinajstić information content (AvgIpc) is 2.78. The Morgan fingerprint density at radius 2 is 2.17 bits per heavy atom. The van der Waals surface area contributed by atoms with Gasteiger partial charge in [0.25, 0.3) is 0 Å². The van der Waals surface area contributed by atoms with Crippen molar-refractivity contribution in [3.05, 3.63) is 46.4 Å². The van der Waals surface area contributed by atoms with Crippen LogP contribution in [0.3, 0.4) is 0 Å². The molecule has 5 heteroatoms. The number of carbonyl (C=O) groups excluding carboxylic acids is 1. The van der Waals surface area contributed by atoms with Gasteiger partial charge in [-0.1, -0.05) is 15.9 Å². The van der Waals surface area contributed by atoms with E-state index in [1.165, 1.54) is 12.1 Å². The van der Waals surface area contributed by atoms with Crippen molar-refractivity contribution in [2.45, 2.75) is 6.92 Å². The Hall–Kier alpha value is -1.62. The fraction of sp³-hybridized carbons (Fsp3) is 0.154. The third kappa shape index (κ3) is 2.61. The molecular formula is C13H10BrFO3. The van der Waals surface area contributed by atoms with Crippen molar-refractivity contribution >= 4 is 21.9 Å². The Balaban J connectivity index is 2.32. The van der Waals surface area contributed by atoms with Crippen molar-refractivity contribution < 1.29 is 18.3 Å². The molecule has 1 aromatic carbocycles. The first-order valence-corrected chi connectivity index (χ1v) is 6.13. The summed E-state index contributed by atoms with van der Waals surface area (Å²) in [4.78, 5) is 11.4. The van der Waals surface area contributed by atoms with E-state index in [0.29, 0.717) is 15.8 Å². The van der Waals surface area contributed by atoms with E-state index in [1.54, 1.807) is 25.1 Å². The third-order valence-electron chi connectivity index (χ3n) is 2.28. The van der Waals surface area contributed by atoms with Gasteiger partial charge >= 0.3 is 5.97 Å². The summed E-state index contributed by atoms with van der Waals surface area (Å²) < 4.78 is 24.4. The van der Waals surface area contributed by atoms with E-state index in [4.69, 9.17) is 9.15 Å². The highest BCUT2D eigenvalue weighted by Crippen LogP contribution is 2.27. The molecular weight excluding hydrogens is 303 g/mol. The Morgan fingerprint density at radius 1 is 1.39 bits per heavy atom. The molecule has 0 aliphatic carbocycles. The molecule has 2 aromatic rings. The normalized spacial score (nSPS) is 10.4. The Labute approximate surface area is 112 Å². The molecule has 18 heavy (non-hydrogen) atoms. The minimum Gasteiger partial charge on any atom is -0.460 e. The molecule has 94 valence electrons. The molecule has 1 heterocycles. The Bertz CT molecular complexity index is 577. The fourth-order valence-electron chi connectivity index (χ4n) is 1.48. The third-order valence-corrected chi connectivity index (χ3v) is 2.77. The van der Waals surface area contributed by atoms with Crippen LogP contribution in [0.4, 0.5) is 4.39 Å². The zero-order valence-corrected chi connectivity index (χ0v) is 11.2. The zero-order chi connectivity index (χ0) is 13.1. The van der Waals surface area contributed by atoms with Crippen LogP contribution in [0.2, 0.25) is 0 Å². The highest BCUT2D eigenvalue weighted by atomic mass is 79.9. The molecule has 0 unspecified atom stereocenters. The summed E-state index contributed by atoms with van der Waals surface area (Å²) in [5.74, 6) is -0.618. The molecule has 0 radical (unpaired) electrons. The smallest absolute Gasteiger partial charge is 0.374 e. The van der Waals surface area contributed by atoms with Crippen LogP contribution in [0, 0.1) is 5.82 Å². The maximum atomic E-state index is 13.7. The molecule has 0 atom stereocenters. The Kier molecular flexibility index (Phi) is 3.81. The second-order valence-electron chi connectivity index (χ2n) is 3.51. The van der Waals surface area contributed by atoms with Gasteiger partial charge in [0.1, 0.15) is 11.6 Å². The maximum Gasteiger partial charge on any atom is 0.374 e. The van der Waals surface area contributed by atoms with Gasteiger partial charge in [-0.2, -0.15) is 0 Å². The van der Waals surface area contributed by atoms with Crippen molar-refractivity contribution in [2.24, 2.45) is 0 Å². The number of ether oxygens (including phenoxy) is 1. The van der Waals surface area contributed by atoms with E-state index in [-0.39, 0.29) is 12.4 Å². The minimum absolute atomic E-state index is 0.0640. The van der Waals surface area contributed by atoms with E-state index < -0.39 is 11.8 Å². The zero-order valence-electron chi connectivity index (χ0n) is 9.57. The maximum absolute atomic E-state index is 13.7. The molecule has 3 nitrogen and oxygen atoms in total. The number of benzene rings is 1. The van der Waals surface area contributed by atoms with Gasteiger partial charge < -0.3 is 9.15 Å². The number of carbonyl (C=O) groups is 1. The second kappa shape index (κ2) is 5.35. The molecule has 0 amide bonds. The van der Waals surface area contributed by atoms with E-state index in [2.05, 4.69) is 15.9 Å². The molecule has 0 spiro atoms. The van der Waals surface area contributed by atoms with E-state index in [9.17, 15) is 9.18 Å². The largest absolute Gasteiger partial charge is 0.460 e. The summed E-state index contributed by atoms with van der Waals surface area (Å²) in [6, 6.07) is 7.62. The van der Waals surface area contributed by atoms with Gasteiger partial charge in [0.2, 0.25) is 5.76 Å². The van der Waals surface area contributed by atoms with E-state index >= 15 is 0 Å². The fourth-order valence-corrected chi connectivity index (χ4v) is 1.82. The monoisotopic (exact) mass is 312 g/mol. The number of halogens is 2. The predicted molar refractivity (Wildman–Crippen MR) is 67.8 cm³/mol. The topological polar surface area (TPSA) is 39.4 Å². The number of hydrogen-bond acceptors (Lipinski definition) is 3. The lowest BCUT2D eigenvalue weighted by Gasteiger charge is -2.00. The molecule has 0 aliphatic rings. The highest BCUT2D eigenvalue weighted by Gasteiger charge is 2.15. The van der Waals surface area contributed by atoms with Crippen molar-refractivity contribution in [2.75, 3.05) is 6.61 Å². The molecule has 1 aromatic heterocycles. The summed E-state index contributed by atoms with van der Waals surface area (Å²) in [6.07, 6.45) is 0. The van der Waals surface area contributed by atoms with Crippen LogP contribution in [0.25, 0.3) is 11.3 Å². The first kappa shape index (κ1) is 12.8. The number of esters is 1. The van der Waals surface area contributed by atoms with Gasteiger partial charge in [-0.05, 0) is 37.3 Å². The van der Waals surface area contributed by atoms with Crippen LogP contribution in [0.1, 0.15) is 17.5 Å². The van der Waals surface area contributed by atoms with Crippen LogP contribution < -0.4 is 0 Å². The first-order valence-electron chi connectivity index (χ1n) is 5.34. The molecule has 0 N–H and O–H groups in total. The van der Waals surface area contributed by atoms with E-state index in [1.807, 2.05) is 0 Å². The Morgan fingerprint density at radius 3 is 2.83 bits per heavy atom. The quantitative estimate of drug-likeness (QED) is 0.803. The van der Waals surface area contributed by atoms with Crippen LogP contribution in [-0.4, -0.2) is 12.6 Å². The molecule has 0 bridgehead atoms. The minimum atomic E-state index is -0.554. The summed E-state index contributed by atoms with van der Waals surface area (Å²) in [7, 11) is 0. The summed E-state index contributed by atoms with van der Waals surface area (Å²) in [5.41, 5.74) is 0.300. The van der Waals surface area contributed by atoms with Gasteiger partial charge in [0.15, 0.2) is 0 Å². The van der Waals surface area contributed by atoms with E-state index in [0.717, 1.165) is 0 Å². The second-order valence-corrected chi connectivity index (χ2v) is 4.42. The molecule has 0 aliphatic heterocycles. The lowest BCUT2D eigenvalue weighted by Crippen LogP contribution is -2.02. The highest BCUT2D eigenvalue weighted by molar-refractivity contribution is 9.10. The van der Waals surface area contributed by atoms with Crippen LogP contribution >= 0.6 is 15.9 Å². The van der Waals surface area contributed by atoms with Gasteiger partial charge in [0, 0.05) is 4.47 Å².